The first-order chi connectivity index (χ1) is 6.61. The monoisotopic (exact) mass is 198 g/mol. The van der Waals surface area contributed by atoms with Gasteiger partial charge in [-0.05, 0) is 19.3 Å². The maximum atomic E-state index is 11.0. The van der Waals surface area contributed by atoms with Crippen molar-refractivity contribution in [2.75, 3.05) is 6.54 Å². The number of carboxylic acid groups (broad SMARTS) is 1. The topological polar surface area (TPSA) is 83.6 Å². The molecule has 1 amide bonds. The largest absolute Gasteiger partial charge is 0.478 e. The number of likely N-dealkylation sites (tertiary alicyclic amines) is 1. The summed E-state index contributed by atoms with van der Waals surface area (Å²) in [5, 5.41) is 8.44. The Bertz CT molecular complexity index is 263. The summed E-state index contributed by atoms with van der Waals surface area (Å²) >= 11 is 0. The molecule has 0 spiro atoms. The van der Waals surface area contributed by atoms with Crippen LogP contribution < -0.4 is 5.73 Å². The number of piperidine rings is 1. The van der Waals surface area contributed by atoms with E-state index < -0.39 is 5.97 Å². The molecule has 1 heterocycles. The van der Waals surface area contributed by atoms with Gasteiger partial charge in [0, 0.05) is 18.8 Å². The Morgan fingerprint density at radius 3 is 2.71 bits per heavy atom. The van der Waals surface area contributed by atoms with Crippen molar-refractivity contribution in [2.24, 2.45) is 5.73 Å². The molecule has 1 aliphatic heterocycles. The number of nitrogens with zero attached hydrogens (tertiary/aromatic N) is 1. The number of hydrogen-bond acceptors (Lipinski definition) is 3. The Morgan fingerprint density at radius 1 is 1.43 bits per heavy atom. The van der Waals surface area contributed by atoms with E-state index in [-0.39, 0.29) is 11.9 Å². The van der Waals surface area contributed by atoms with Crippen LogP contribution in [0, 0.1) is 0 Å². The van der Waals surface area contributed by atoms with Crippen LogP contribution in [0.5, 0.6) is 0 Å². The first-order valence-electron chi connectivity index (χ1n) is 4.57. The number of rotatable bonds is 3. The van der Waals surface area contributed by atoms with Crippen molar-refractivity contribution in [1.82, 2.24) is 4.90 Å². The van der Waals surface area contributed by atoms with Crippen molar-refractivity contribution in [3.63, 3.8) is 0 Å². The van der Waals surface area contributed by atoms with E-state index in [2.05, 4.69) is 0 Å². The third-order valence-corrected chi connectivity index (χ3v) is 2.28. The molecule has 0 aromatic carbocycles. The van der Waals surface area contributed by atoms with E-state index in [0.29, 0.717) is 13.0 Å². The van der Waals surface area contributed by atoms with Crippen LogP contribution in [0.1, 0.15) is 19.3 Å². The Morgan fingerprint density at radius 2 is 2.14 bits per heavy atom. The molecule has 78 valence electrons. The fraction of sp³-hybridized carbons (Fsp3) is 0.556. The number of primary amides is 1. The van der Waals surface area contributed by atoms with Crippen molar-refractivity contribution in [2.45, 2.75) is 25.3 Å². The molecule has 0 radical (unpaired) electrons. The number of carbonyl (C=O) groups excluding carboxylic acids is 1. The molecule has 0 bridgehead atoms. The summed E-state index contributed by atoms with van der Waals surface area (Å²) < 4.78 is 0. The highest BCUT2D eigenvalue weighted by atomic mass is 16.4. The van der Waals surface area contributed by atoms with Crippen molar-refractivity contribution < 1.29 is 14.7 Å². The second-order valence-electron chi connectivity index (χ2n) is 3.31. The molecule has 1 fully saturated rings. The molecule has 14 heavy (non-hydrogen) atoms. The molecule has 5 nitrogen and oxygen atoms in total. The van der Waals surface area contributed by atoms with Crippen molar-refractivity contribution in [3.05, 3.63) is 12.3 Å². The quantitative estimate of drug-likeness (QED) is 0.621. The van der Waals surface area contributed by atoms with Gasteiger partial charge in [-0.1, -0.05) is 0 Å². The second kappa shape index (κ2) is 4.64. The van der Waals surface area contributed by atoms with Gasteiger partial charge in [0.1, 0.15) is 6.04 Å². The van der Waals surface area contributed by atoms with Crippen LogP contribution >= 0.6 is 0 Å². The summed E-state index contributed by atoms with van der Waals surface area (Å²) in [5.74, 6) is -1.40. The van der Waals surface area contributed by atoms with E-state index in [1.165, 1.54) is 6.20 Å². The van der Waals surface area contributed by atoms with Gasteiger partial charge in [0.2, 0.25) is 5.91 Å². The fourth-order valence-corrected chi connectivity index (χ4v) is 1.60. The lowest BCUT2D eigenvalue weighted by atomic mass is 10.0. The lowest BCUT2D eigenvalue weighted by Gasteiger charge is -2.32. The van der Waals surface area contributed by atoms with E-state index in [1.807, 2.05) is 0 Å². The van der Waals surface area contributed by atoms with E-state index in [4.69, 9.17) is 10.8 Å². The van der Waals surface area contributed by atoms with Crippen molar-refractivity contribution in [3.8, 4) is 0 Å². The number of hydrogen-bond donors (Lipinski definition) is 2. The molecule has 1 saturated heterocycles. The molecule has 0 saturated carbocycles. The summed E-state index contributed by atoms with van der Waals surface area (Å²) in [6.45, 7) is 0.692. The summed E-state index contributed by atoms with van der Waals surface area (Å²) in [7, 11) is 0. The first-order valence-corrected chi connectivity index (χ1v) is 4.57. The minimum atomic E-state index is -1.02. The SMILES string of the molecule is NC(=O)C1CCCCN1C=CC(=O)O. The summed E-state index contributed by atoms with van der Waals surface area (Å²) in [6.07, 6.45) is 5.09. The zero-order valence-electron chi connectivity index (χ0n) is 7.85. The molecular weight excluding hydrogens is 184 g/mol. The summed E-state index contributed by atoms with van der Waals surface area (Å²) in [6, 6.07) is -0.348. The smallest absolute Gasteiger partial charge is 0.329 e. The van der Waals surface area contributed by atoms with Crippen LogP contribution in [0.15, 0.2) is 12.3 Å². The van der Waals surface area contributed by atoms with Gasteiger partial charge < -0.3 is 15.7 Å². The summed E-state index contributed by atoms with van der Waals surface area (Å²) in [4.78, 5) is 23.0. The molecule has 3 N–H and O–H groups in total. The normalized spacial score (nSPS) is 22.6. The molecule has 1 aliphatic rings. The Hall–Kier alpha value is -1.52. The maximum Gasteiger partial charge on any atom is 0.329 e. The van der Waals surface area contributed by atoms with E-state index >= 15 is 0 Å². The fourth-order valence-electron chi connectivity index (χ4n) is 1.60. The number of carboxylic acids is 1. The number of carbonyl (C=O) groups is 2. The lowest BCUT2D eigenvalue weighted by molar-refractivity contribution is -0.131. The van der Waals surface area contributed by atoms with Crippen molar-refractivity contribution in [1.29, 1.82) is 0 Å². The maximum absolute atomic E-state index is 11.0. The van der Waals surface area contributed by atoms with E-state index in [0.717, 1.165) is 18.9 Å². The molecular formula is C9H14N2O3. The molecule has 1 unspecified atom stereocenters. The zero-order valence-corrected chi connectivity index (χ0v) is 7.85. The first kappa shape index (κ1) is 10.6. The van der Waals surface area contributed by atoms with E-state index in [1.54, 1.807) is 4.90 Å². The van der Waals surface area contributed by atoms with Gasteiger partial charge in [-0.3, -0.25) is 4.79 Å². The second-order valence-corrected chi connectivity index (χ2v) is 3.31. The summed E-state index contributed by atoms with van der Waals surface area (Å²) in [5.41, 5.74) is 5.20. The van der Waals surface area contributed by atoms with Gasteiger partial charge in [0.25, 0.3) is 0 Å². The molecule has 0 aliphatic carbocycles. The van der Waals surface area contributed by atoms with Crippen molar-refractivity contribution >= 4 is 11.9 Å². The van der Waals surface area contributed by atoms with E-state index in [9.17, 15) is 9.59 Å². The van der Waals surface area contributed by atoms with Crippen LogP contribution in [-0.4, -0.2) is 34.5 Å². The van der Waals surface area contributed by atoms with Gasteiger partial charge in [-0.15, -0.1) is 0 Å². The Balaban J connectivity index is 2.63. The van der Waals surface area contributed by atoms with Gasteiger partial charge in [-0.2, -0.15) is 0 Å². The predicted octanol–water partition coefficient (Wildman–Crippen LogP) is -0.0755. The van der Waals surface area contributed by atoms with Crippen LogP contribution in [-0.2, 0) is 9.59 Å². The predicted molar refractivity (Wildman–Crippen MR) is 50.3 cm³/mol. The average Bonchev–Trinajstić information content (AvgIpc) is 2.15. The minimum Gasteiger partial charge on any atom is -0.478 e. The van der Waals surface area contributed by atoms with Gasteiger partial charge >= 0.3 is 5.97 Å². The number of nitrogens with two attached hydrogens (primary N) is 1. The van der Waals surface area contributed by atoms with Crippen LogP contribution in [0.4, 0.5) is 0 Å². The molecule has 1 rings (SSSR count). The number of aliphatic carboxylic acids is 1. The highest BCUT2D eigenvalue weighted by molar-refractivity contribution is 5.81. The Kier molecular flexibility index (Phi) is 3.50. The number of amides is 1. The van der Waals surface area contributed by atoms with Gasteiger partial charge in [0.05, 0.1) is 0 Å². The van der Waals surface area contributed by atoms with Crippen LogP contribution in [0.25, 0.3) is 0 Å². The Labute approximate surface area is 82.2 Å². The highest BCUT2D eigenvalue weighted by Gasteiger charge is 2.24. The third kappa shape index (κ3) is 2.76. The van der Waals surface area contributed by atoms with Gasteiger partial charge in [-0.25, -0.2) is 4.79 Å². The lowest BCUT2D eigenvalue weighted by Crippen LogP contribution is -2.44. The molecule has 0 aromatic rings. The molecule has 5 heteroatoms. The van der Waals surface area contributed by atoms with Gasteiger partial charge in [0.15, 0.2) is 0 Å². The zero-order chi connectivity index (χ0) is 10.6. The van der Waals surface area contributed by atoms with Crippen LogP contribution in [0.3, 0.4) is 0 Å². The third-order valence-electron chi connectivity index (χ3n) is 2.28. The van der Waals surface area contributed by atoms with Crippen LogP contribution in [0.2, 0.25) is 0 Å². The standard InChI is InChI=1S/C9H14N2O3/c10-9(14)7-3-1-2-5-11(7)6-4-8(12)13/h4,6-7H,1-3,5H2,(H2,10,14)(H,12,13). The molecule has 0 aromatic heterocycles. The minimum absolute atomic E-state index is 0.348. The average molecular weight is 198 g/mol. The highest BCUT2D eigenvalue weighted by Crippen LogP contribution is 2.16. The molecule has 1 atom stereocenters.